The number of fused-ring (bicyclic) bond motifs is 1. The van der Waals surface area contributed by atoms with Gasteiger partial charge in [-0.1, -0.05) is 12.2 Å². The molecule has 0 aliphatic carbocycles. The summed E-state index contributed by atoms with van der Waals surface area (Å²) in [6.45, 7) is 0. The second kappa shape index (κ2) is 6.01. The number of benzene rings is 1. The molecule has 8 nitrogen and oxygen atoms in total. The van der Waals surface area contributed by atoms with Gasteiger partial charge >= 0.3 is 5.97 Å². The molecule has 0 radical (unpaired) electrons. The molecule has 9 heteroatoms. The van der Waals surface area contributed by atoms with Crippen molar-refractivity contribution in [1.82, 2.24) is 19.9 Å². The summed E-state index contributed by atoms with van der Waals surface area (Å²) in [4.78, 5) is 23.9. The van der Waals surface area contributed by atoms with E-state index in [1.54, 1.807) is 6.33 Å². The fraction of sp³-hybridized carbons (Fsp3) is 0. The number of imidazole rings is 1. The first-order valence-corrected chi connectivity index (χ1v) is 6.02. The maximum Gasteiger partial charge on any atom is 0.339 e. The predicted octanol–water partition coefficient (Wildman–Crippen LogP) is 1.81. The first kappa shape index (κ1) is 14.5. The minimum atomic E-state index is -1.22. The van der Waals surface area contributed by atoms with Crippen molar-refractivity contribution in [2.75, 3.05) is 0 Å². The number of hydrogen-bond acceptors (Lipinski definition) is 6. The van der Waals surface area contributed by atoms with E-state index >= 15 is 0 Å². The number of nitrogens with one attached hydrogen (secondary N) is 2. The molecule has 0 saturated heterocycles. The molecule has 21 heavy (non-hydrogen) atoms. The van der Waals surface area contributed by atoms with Gasteiger partial charge in [-0.05, 0) is 12.1 Å². The molecule has 0 aliphatic rings. The number of hydrogen-bond donors (Lipinski definition) is 5. The molecule has 0 amide bonds. The Morgan fingerprint density at radius 3 is 2.48 bits per heavy atom. The lowest BCUT2D eigenvalue weighted by Gasteiger charge is -1.97. The number of carboxylic acids is 1. The predicted molar refractivity (Wildman–Crippen MR) is 75.8 cm³/mol. The summed E-state index contributed by atoms with van der Waals surface area (Å²) in [5.41, 5.74) is 1.32. The topological polar surface area (TPSA) is 135 Å². The number of H-pyrrole nitrogens is 2. The number of nitrogens with zero attached hydrogens (tertiary/aromatic N) is 2. The Hall–Kier alpha value is -2.94. The molecule has 1 aromatic carbocycles. The number of aromatic nitrogens is 4. The van der Waals surface area contributed by atoms with E-state index in [0.29, 0.717) is 4.64 Å². The Labute approximate surface area is 122 Å². The van der Waals surface area contributed by atoms with Crippen LogP contribution < -0.4 is 0 Å². The van der Waals surface area contributed by atoms with E-state index in [4.69, 9.17) is 27.5 Å². The monoisotopic (exact) mass is 306 g/mol. The third-order valence-electron chi connectivity index (χ3n) is 2.45. The molecule has 2 aromatic heterocycles. The molecule has 3 rings (SSSR count). The summed E-state index contributed by atoms with van der Waals surface area (Å²) in [6.07, 6.45) is 3.12. The molecule has 3 aromatic rings. The summed E-state index contributed by atoms with van der Waals surface area (Å²) in [5.74, 6) is -1.81. The van der Waals surface area contributed by atoms with Crippen molar-refractivity contribution in [2.45, 2.75) is 0 Å². The van der Waals surface area contributed by atoms with Crippen LogP contribution in [0.5, 0.6) is 11.5 Å². The number of aromatic amines is 2. The van der Waals surface area contributed by atoms with Crippen LogP contribution in [0.25, 0.3) is 11.2 Å². The second-order valence-electron chi connectivity index (χ2n) is 3.84. The normalized spacial score (nSPS) is 9.90. The first-order chi connectivity index (χ1) is 9.99. The van der Waals surface area contributed by atoms with Gasteiger partial charge in [0.2, 0.25) is 0 Å². The van der Waals surface area contributed by atoms with Crippen molar-refractivity contribution in [3.8, 4) is 11.5 Å². The molecule has 5 N–H and O–H groups in total. The summed E-state index contributed by atoms with van der Waals surface area (Å²) in [7, 11) is 0. The molecular formula is C12H10N4O4S. The van der Waals surface area contributed by atoms with E-state index in [1.165, 1.54) is 12.4 Å². The van der Waals surface area contributed by atoms with Crippen molar-refractivity contribution in [1.29, 1.82) is 0 Å². The summed E-state index contributed by atoms with van der Waals surface area (Å²) >= 11 is 4.91. The molecular weight excluding hydrogens is 296 g/mol. The van der Waals surface area contributed by atoms with E-state index in [9.17, 15) is 4.79 Å². The summed E-state index contributed by atoms with van der Waals surface area (Å²) in [6, 6.07) is 3.31. The molecule has 0 saturated carbocycles. The molecule has 0 fully saturated rings. The lowest BCUT2D eigenvalue weighted by Crippen LogP contribution is -1.95. The molecule has 0 atom stereocenters. The van der Waals surface area contributed by atoms with Gasteiger partial charge in [-0.25, -0.2) is 14.8 Å². The maximum atomic E-state index is 10.3. The molecule has 2 heterocycles. The van der Waals surface area contributed by atoms with E-state index in [0.717, 1.165) is 23.3 Å². The Bertz CT molecular complexity index is 842. The fourth-order valence-electron chi connectivity index (χ4n) is 1.48. The van der Waals surface area contributed by atoms with Gasteiger partial charge in [0.1, 0.15) is 22.6 Å². The highest BCUT2D eigenvalue weighted by Crippen LogP contribution is 2.21. The van der Waals surface area contributed by atoms with Crippen LogP contribution in [0.4, 0.5) is 0 Å². The SMILES string of the molecule is O=C(O)c1ccc(O)cc1O.S=c1nc[nH]c2nc[nH]c12. The number of aromatic hydroxyl groups is 2. The number of phenols is 2. The number of phenolic OH excluding ortho intramolecular Hbond substituents is 1. The van der Waals surface area contributed by atoms with Crippen LogP contribution in [0.3, 0.4) is 0 Å². The highest BCUT2D eigenvalue weighted by molar-refractivity contribution is 7.71. The van der Waals surface area contributed by atoms with Crippen LogP contribution in [0.1, 0.15) is 10.4 Å². The maximum absolute atomic E-state index is 10.3. The highest BCUT2D eigenvalue weighted by Gasteiger charge is 2.08. The van der Waals surface area contributed by atoms with Crippen molar-refractivity contribution in [3.05, 3.63) is 41.1 Å². The summed E-state index contributed by atoms with van der Waals surface area (Å²) in [5, 5.41) is 26.1. The fourth-order valence-corrected chi connectivity index (χ4v) is 1.69. The lowest BCUT2D eigenvalue weighted by molar-refractivity contribution is 0.0693. The van der Waals surface area contributed by atoms with Crippen LogP contribution in [0.2, 0.25) is 0 Å². The number of aromatic carboxylic acids is 1. The van der Waals surface area contributed by atoms with Gasteiger partial charge in [-0.2, -0.15) is 0 Å². The lowest BCUT2D eigenvalue weighted by atomic mass is 10.2. The number of carbonyl (C=O) groups is 1. The van der Waals surface area contributed by atoms with Crippen LogP contribution in [0, 0.1) is 4.64 Å². The third kappa shape index (κ3) is 3.34. The van der Waals surface area contributed by atoms with Gasteiger partial charge in [0.15, 0.2) is 10.3 Å². The van der Waals surface area contributed by atoms with Gasteiger partial charge in [-0.15, -0.1) is 0 Å². The van der Waals surface area contributed by atoms with Crippen molar-refractivity contribution >= 4 is 29.4 Å². The average Bonchev–Trinajstić information content (AvgIpc) is 2.88. The van der Waals surface area contributed by atoms with Crippen LogP contribution in [0.15, 0.2) is 30.9 Å². The Morgan fingerprint density at radius 1 is 1.14 bits per heavy atom. The smallest absolute Gasteiger partial charge is 0.339 e. The third-order valence-corrected chi connectivity index (χ3v) is 2.76. The Morgan fingerprint density at radius 2 is 1.86 bits per heavy atom. The van der Waals surface area contributed by atoms with Gasteiger partial charge < -0.3 is 25.3 Å². The standard InChI is InChI=1S/C7H6O4.C5H4N4S/c8-4-1-2-5(7(10)11)6(9)3-4;10-5-3-4(7-1-6-3)8-2-9-5/h1-3,8-9H,(H,10,11);1-2H,(H2,6,7,8,9,10). The quantitative estimate of drug-likeness (QED) is 0.433. The van der Waals surface area contributed by atoms with Crippen molar-refractivity contribution < 1.29 is 20.1 Å². The van der Waals surface area contributed by atoms with Gasteiger partial charge in [0.05, 0.1) is 12.7 Å². The van der Waals surface area contributed by atoms with E-state index in [1.807, 2.05) is 0 Å². The van der Waals surface area contributed by atoms with E-state index in [-0.39, 0.29) is 11.3 Å². The first-order valence-electron chi connectivity index (χ1n) is 5.61. The average molecular weight is 306 g/mol. The Balaban J connectivity index is 0.000000154. The Kier molecular flexibility index (Phi) is 4.14. The molecule has 108 valence electrons. The minimum Gasteiger partial charge on any atom is -0.508 e. The largest absolute Gasteiger partial charge is 0.508 e. The highest BCUT2D eigenvalue weighted by atomic mass is 32.1. The summed E-state index contributed by atoms with van der Waals surface area (Å²) < 4.78 is 0.547. The zero-order valence-corrected chi connectivity index (χ0v) is 11.3. The second-order valence-corrected chi connectivity index (χ2v) is 4.23. The van der Waals surface area contributed by atoms with Gasteiger partial charge in [0, 0.05) is 6.07 Å². The van der Waals surface area contributed by atoms with Crippen molar-refractivity contribution in [2.24, 2.45) is 0 Å². The minimum absolute atomic E-state index is 0.160. The van der Waals surface area contributed by atoms with Crippen LogP contribution in [-0.2, 0) is 0 Å². The zero-order chi connectivity index (χ0) is 15.4. The van der Waals surface area contributed by atoms with Gasteiger partial charge in [-0.3, -0.25) is 0 Å². The number of rotatable bonds is 1. The van der Waals surface area contributed by atoms with Gasteiger partial charge in [0.25, 0.3) is 0 Å². The van der Waals surface area contributed by atoms with Crippen LogP contribution >= 0.6 is 12.2 Å². The van der Waals surface area contributed by atoms with Crippen molar-refractivity contribution in [3.63, 3.8) is 0 Å². The number of carboxylic acid groups (broad SMARTS) is 1. The van der Waals surface area contributed by atoms with E-state index < -0.39 is 11.7 Å². The van der Waals surface area contributed by atoms with Crippen LogP contribution in [-0.4, -0.2) is 41.2 Å². The van der Waals surface area contributed by atoms with E-state index in [2.05, 4.69) is 19.9 Å². The molecule has 0 bridgehead atoms. The molecule has 0 aliphatic heterocycles. The molecule has 0 spiro atoms. The molecule has 0 unspecified atom stereocenters. The zero-order valence-electron chi connectivity index (χ0n) is 10.4.